The van der Waals surface area contributed by atoms with Gasteiger partial charge >= 0.3 is 0 Å². The van der Waals surface area contributed by atoms with Crippen LogP contribution < -0.4 is 24.8 Å². The molecule has 1 aliphatic carbocycles. The number of carbonyl (C=O) groups is 2. The Bertz CT molecular complexity index is 890. The second-order valence-electron chi connectivity index (χ2n) is 7.82. The van der Waals surface area contributed by atoms with E-state index in [9.17, 15) is 9.59 Å². The second kappa shape index (κ2) is 12.0. The summed E-state index contributed by atoms with van der Waals surface area (Å²) in [5, 5.41) is 5.90. The molecule has 2 amide bonds. The third-order valence-corrected chi connectivity index (χ3v) is 5.42. The van der Waals surface area contributed by atoms with Gasteiger partial charge in [-0.2, -0.15) is 0 Å². The number of amides is 2. The van der Waals surface area contributed by atoms with Crippen LogP contribution in [0.1, 0.15) is 55.8 Å². The molecule has 0 atom stereocenters. The minimum Gasteiger partial charge on any atom is -0.494 e. The lowest BCUT2D eigenvalue weighted by molar-refractivity contribution is -0.118. The molecule has 2 aromatic rings. The number of hydrogen-bond donors (Lipinski definition) is 2. The van der Waals surface area contributed by atoms with E-state index in [1.807, 2.05) is 6.92 Å². The summed E-state index contributed by atoms with van der Waals surface area (Å²) in [5.41, 5.74) is 1.16. The van der Waals surface area contributed by atoms with Gasteiger partial charge in [-0.1, -0.05) is 25.7 Å². The van der Waals surface area contributed by atoms with Crippen molar-refractivity contribution in [2.75, 3.05) is 25.6 Å². The van der Waals surface area contributed by atoms with Crippen molar-refractivity contribution in [1.29, 1.82) is 0 Å². The average molecular weight is 441 g/mol. The molecule has 1 aliphatic rings. The van der Waals surface area contributed by atoms with E-state index in [0.29, 0.717) is 29.4 Å². The zero-order valence-corrected chi connectivity index (χ0v) is 18.8. The highest BCUT2D eigenvalue weighted by molar-refractivity contribution is 5.95. The van der Waals surface area contributed by atoms with E-state index in [0.717, 1.165) is 31.4 Å². The van der Waals surface area contributed by atoms with Gasteiger partial charge in [0, 0.05) is 17.3 Å². The molecule has 0 bridgehead atoms. The number of methoxy groups -OCH3 is 1. The molecule has 0 radical (unpaired) electrons. The molecule has 0 aliphatic heterocycles. The lowest BCUT2D eigenvalue weighted by Crippen LogP contribution is -2.34. The average Bonchev–Trinajstić information content (AvgIpc) is 3.07. The van der Waals surface area contributed by atoms with Crippen molar-refractivity contribution in [3.05, 3.63) is 48.0 Å². The number of hydrogen-bond acceptors (Lipinski definition) is 5. The number of anilines is 1. The third kappa shape index (κ3) is 6.90. The Hall–Kier alpha value is -3.22. The van der Waals surface area contributed by atoms with Crippen LogP contribution in [0, 0.1) is 0 Å². The normalized spacial score (nSPS) is 14.2. The fraction of sp³-hybridized carbons (Fsp3) is 0.440. The van der Waals surface area contributed by atoms with Crippen molar-refractivity contribution in [3.63, 3.8) is 0 Å². The number of benzene rings is 2. The van der Waals surface area contributed by atoms with Crippen molar-refractivity contribution in [2.24, 2.45) is 0 Å². The predicted octanol–water partition coefficient (Wildman–Crippen LogP) is 4.56. The van der Waals surface area contributed by atoms with Crippen molar-refractivity contribution in [1.82, 2.24) is 5.32 Å². The molecule has 0 spiro atoms. The van der Waals surface area contributed by atoms with Crippen LogP contribution in [0.3, 0.4) is 0 Å². The largest absolute Gasteiger partial charge is 0.494 e. The maximum Gasteiger partial charge on any atom is 0.262 e. The Kier molecular flexibility index (Phi) is 8.78. The van der Waals surface area contributed by atoms with E-state index in [-0.39, 0.29) is 24.5 Å². The Labute approximate surface area is 189 Å². The molecule has 7 heteroatoms. The molecular formula is C25H32N2O5. The molecule has 0 heterocycles. The Morgan fingerprint density at radius 3 is 2.31 bits per heavy atom. The summed E-state index contributed by atoms with van der Waals surface area (Å²) in [6, 6.07) is 12.3. The van der Waals surface area contributed by atoms with Crippen molar-refractivity contribution < 1.29 is 23.8 Å². The fourth-order valence-electron chi connectivity index (χ4n) is 3.76. The summed E-state index contributed by atoms with van der Waals surface area (Å²) in [4.78, 5) is 24.9. The zero-order chi connectivity index (χ0) is 22.8. The first-order valence-electron chi connectivity index (χ1n) is 11.2. The first-order valence-corrected chi connectivity index (χ1v) is 11.2. The minimum absolute atomic E-state index is 0.116. The highest BCUT2D eigenvalue weighted by Crippen LogP contribution is 2.28. The van der Waals surface area contributed by atoms with Crippen LogP contribution in [-0.4, -0.2) is 38.2 Å². The van der Waals surface area contributed by atoms with Gasteiger partial charge in [0.15, 0.2) is 18.1 Å². The summed E-state index contributed by atoms with van der Waals surface area (Å²) in [7, 11) is 1.51. The number of ether oxygens (including phenoxy) is 3. The van der Waals surface area contributed by atoms with E-state index in [1.165, 1.54) is 20.0 Å². The molecule has 0 aromatic heterocycles. The Morgan fingerprint density at radius 2 is 1.66 bits per heavy atom. The molecule has 1 saturated carbocycles. The van der Waals surface area contributed by atoms with Gasteiger partial charge in [-0.15, -0.1) is 0 Å². The second-order valence-corrected chi connectivity index (χ2v) is 7.82. The quantitative estimate of drug-likeness (QED) is 0.558. The SMILES string of the molecule is CCOc1ccc(NC(=O)COc2ccc(C(=O)NC3CCCCCC3)cc2OC)cc1. The van der Waals surface area contributed by atoms with Gasteiger partial charge in [-0.3, -0.25) is 9.59 Å². The zero-order valence-electron chi connectivity index (χ0n) is 18.8. The van der Waals surface area contributed by atoms with E-state index in [2.05, 4.69) is 10.6 Å². The van der Waals surface area contributed by atoms with Gasteiger partial charge in [0.1, 0.15) is 5.75 Å². The first kappa shape index (κ1) is 23.4. The summed E-state index contributed by atoms with van der Waals surface area (Å²) < 4.78 is 16.4. The van der Waals surface area contributed by atoms with Crippen LogP contribution in [0.15, 0.2) is 42.5 Å². The molecule has 2 aromatic carbocycles. The lowest BCUT2D eigenvalue weighted by Gasteiger charge is -2.17. The maximum absolute atomic E-state index is 12.7. The van der Waals surface area contributed by atoms with E-state index >= 15 is 0 Å². The van der Waals surface area contributed by atoms with Crippen LogP contribution in [-0.2, 0) is 4.79 Å². The van der Waals surface area contributed by atoms with Crippen LogP contribution >= 0.6 is 0 Å². The van der Waals surface area contributed by atoms with Gasteiger partial charge in [0.25, 0.3) is 11.8 Å². The van der Waals surface area contributed by atoms with Crippen LogP contribution in [0.4, 0.5) is 5.69 Å². The third-order valence-electron chi connectivity index (χ3n) is 5.42. The van der Waals surface area contributed by atoms with Crippen LogP contribution in [0.2, 0.25) is 0 Å². The van der Waals surface area contributed by atoms with Crippen molar-refractivity contribution in [2.45, 2.75) is 51.5 Å². The Balaban J connectivity index is 1.54. The summed E-state index contributed by atoms with van der Waals surface area (Å²) in [6.07, 6.45) is 6.82. The highest BCUT2D eigenvalue weighted by Gasteiger charge is 2.17. The van der Waals surface area contributed by atoms with E-state index in [1.54, 1.807) is 42.5 Å². The molecule has 1 fully saturated rings. The molecule has 0 saturated heterocycles. The summed E-state index contributed by atoms with van der Waals surface area (Å²) in [5.74, 6) is 1.14. The molecule has 7 nitrogen and oxygen atoms in total. The van der Waals surface area contributed by atoms with E-state index in [4.69, 9.17) is 14.2 Å². The summed E-state index contributed by atoms with van der Waals surface area (Å²) >= 11 is 0. The number of rotatable bonds is 9. The van der Waals surface area contributed by atoms with Gasteiger partial charge < -0.3 is 24.8 Å². The highest BCUT2D eigenvalue weighted by atomic mass is 16.5. The van der Waals surface area contributed by atoms with Crippen LogP contribution in [0.5, 0.6) is 17.2 Å². The number of carbonyl (C=O) groups excluding carboxylic acids is 2. The van der Waals surface area contributed by atoms with Gasteiger partial charge in [0.2, 0.25) is 0 Å². The van der Waals surface area contributed by atoms with E-state index < -0.39 is 0 Å². The van der Waals surface area contributed by atoms with Crippen molar-refractivity contribution in [3.8, 4) is 17.2 Å². The fourth-order valence-corrected chi connectivity index (χ4v) is 3.76. The minimum atomic E-state index is -0.300. The van der Waals surface area contributed by atoms with Gasteiger partial charge in [-0.25, -0.2) is 0 Å². The number of nitrogens with one attached hydrogen (secondary N) is 2. The molecule has 172 valence electrons. The molecule has 3 rings (SSSR count). The first-order chi connectivity index (χ1) is 15.6. The molecule has 2 N–H and O–H groups in total. The van der Waals surface area contributed by atoms with Gasteiger partial charge in [-0.05, 0) is 62.2 Å². The summed E-state index contributed by atoms with van der Waals surface area (Å²) in [6.45, 7) is 2.32. The van der Waals surface area contributed by atoms with Gasteiger partial charge in [0.05, 0.1) is 13.7 Å². The maximum atomic E-state index is 12.7. The lowest BCUT2D eigenvalue weighted by atomic mass is 10.1. The molecular weight excluding hydrogens is 408 g/mol. The smallest absolute Gasteiger partial charge is 0.262 e. The predicted molar refractivity (Wildman–Crippen MR) is 124 cm³/mol. The molecule has 0 unspecified atom stereocenters. The monoisotopic (exact) mass is 440 g/mol. The van der Waals surface area contributed by atoms with Crippen LogP contribution in [0.25, 0.3) is 0 Å². The van der Waals surface area contributed by atoms with Crippen molar-refractivity contribution >= 4 is 17.5 Å². The topological polar surface area (TPSA) is 85.9 Å². The molecule has 32 heavy (non-hydrogen) atoms. The standard InChI is InChI=1S/C25H32N2O5/c1-3-31-21-13-11-20(12-14-21)26-24(28)17-32-22-15-10-18(16-23(22)30-2)25(29)27-19-8-6-4-5-7-9-19/h10-16,19H,3-9,17H2,1-2H3,(H,26,28)(H,27,29). The Morgan fingerprint density at radius 1 is 0.938 bits per heavy atom.